The highest BCUT2D eigenvalue weighted by Gasteiger charge is 2.20. The summed E-state index contributed by atoms with van der Waals surface area (Å²) in [7, 11) is -3.19. The van der Waals surface area contributed by atoms with Gasteiger partial charge < -0.3 is 5.73 Å². The van der Waals surface area contributed by atoms with Crippen molar-refractivity contribution in [2.75, 3.05) is 6.54 Å². The molecule has 1 rings (SSSR count). The third-order valence-electron chi connectivity index (χ3n) is 2.61. The first-order valence-electron chi connectivity index (χ1n) is 5.40. The van der Waals surface area contributed by atoms with Crippen molar-refractivity contribution in [3.8, 4) is 6.07 Å². The summed E-state index contributed by atoms with van der Waals surface area (Å²) in [6.45, 7) is 2.02. The summed E-state index contributed by atoms with van der Waals surface area (Å²) >= 11 is 0. The molecule has 92 valence electrons. The van der Waals surface area contributed by atoms with E-state index in [1.165, 1.54) is 0 Å². The first-order valence-corrected chi connectivity index (χ1v) is 7.12. The monoisotopic (exact) mass is 252 g/mol. The predicted octanol–water partition coefficient (Wildman–Crippen LogP) is 1.21. The second-order valence-corrected chi connectivity index (χ2v) is 6.43. The van der Waals surface area contributed by atoms with Gasteiger partial charge in [0.25, 0.3) is 0 Å². The highest BCUT2D eigenvalue weighted by molar-refractivity contribution is 7.91. The zero-order valence-electron chi connectivity index (χ0n) is 9.76. The van der Waals surface area contributed by atoms with E-state index in [-0.39, 0.29) is 5.75 Å². The van der Waals surface area contributed by atoms with Gasteiger partial charge >= 0.3 is 0 Å². The van der Waals surface area contributed by atoms with Crippen molar-refractivity contribution in [1.29, 1.82) is 5.26 Å². The molecule has 0 spiro atoms. The summed E-state index contributed by atoms with van der Waals surface area (Å²) in [4.78, 5) is 0. The van der Waals surface area contributed by atoms with E-state index in [1.807, 2.05) is 6.07 Å². The molecule has 17 heavy (non-hydrogen) atoms. The third kappa shape index (κ3) is 3.84. The quantitative estimate of drug-likeness (QED) is 0.853. The second-order valence-electron chi connectivity index (χ2n) is 4.01. The number of nitriles is 1. The maximum Gasteiger partial charge on any atom is 0.157 e. The molecule has 0 fully saturated rings. The fraction of sp³-hybridized carbons (Fsp3) is 0.417. The third-order valence-corrected chi connectivity index (χ3v) is 4.81. The SMILES string of the molecule is CC(CCN)S(=O)(=O)Cc1cccc(C#N)c1. The van der Waals surface area contributed by atoms with Crippen molar-refractivity contribution in [2.45, 2.75) is 24.3 Å². The van der Waals surface area contributed by atoms with Gasteiger partial charge in [0.2, 0.25) is 0 Å². The molecule has 0 aliphatic heterocycles. The normalized spacial score (nSPS) is 13.0. The smallest absolute Gasteiger partial charge is 0.157 e. The van der Waals surface area contributed by atoms with Gasteiger partial charge in [-0.25, -0.2) is 8.42 Å². The summed E-state index contributed by atoms with van der Waals surface area (Å²) in [6, 6.07) is 8.66. The molecule has 0 saturated carbocycles. The van der Waals surface area contributed by atoms with E-state index < -0.39 is 15.1 Å². The predicted molar refractivity (Wildman–Crippen MR) is 66.9 cm³/mol. The molecule has 0 radical (unpaired) electrons. The van der Waals surface area contributed by atoms with Gasteiger partial charge in [-0.2, -0.15) is 5.26 Å². The van der Waals surface area contributed by atoms with Gasteiger partial charge in [0.1, 0.15) is 0 Å². The van der Waals surface area contributed by atoms with Gasteiger partial charge in [-0.3, -0.25) is 0 Å². The molecule has 0 aliphatic rings. The number of benzene rings is 1. The highest BCUT2D eigenvalue weighted by Crippen LogP contribution is 2.14. The molecule has 0 bridgehead atoms. The van der Waals surface area contributed by atoms with Crippen LogP contribution in [0.15, 0.2) is 24.3 Å². The highest BCUT2D eigenvalue weighted by atomic mass is 32.2. The Morgan fingerprint density at radius 3 is 2.76 bits per heavy atom. The molecule has 1 aromatic carbocycles. The number of nitrogens with two attached hydrogens (primary N) is 1. The van der Waals surface area contributed by atoms with E-state index in [0.717, 1.165) is 0 Å². The standard InChI is InChI=1S/C12H16N2O2S/c1-10(5-6-13)17(15,16)9-12-4-2-3-11(7-12)8-14/h2-4,7,10H,5-6,9,13H2,1H3. The summed E-state index contributed by atoms with van der Waals surface area (Å²) in [5, 5.41) is 8.29. The summed E-state index contributed by atoms with van der Waals surface area (Å²) < 4.78 is 23.9. The summed E-state index contributed by atoms with van der Waals surface area (Å²) in [5.41, 5.74) is 6.48. The average Bonchev–Trinajstić information content (AvgIpc) is 2.29. The van der Waals surface area contributed by atoms with Crippen LogP contribution in [-0.4, -0.2) is 20.2 Å². The minimum atomic E-state index is -3.19. The summed E-state index contributed by atoms with van der Waals surface area (Å²) in [6.07, 6.45) is 0.459. The number of sulfone groups is 1. The zero-order chi connectivity index (χ0) is 12.9. The Bertz CT molecular complexity index is 518. The lowest BCUT2D eigenvalue weighted by Gasteiger charge is -2.11. The molecule has 1 atom stereocenters. The van der Waals surface area contributed by atoms with Crippen molar-refractivity contribution < 1.29 is 8.42 Å². The first kappa shape index (κ1) is 13.7. The van der Waals surface area contributed by atoms with E-state index in [0.29, 0.717) is 24.1 Å². The molecule has 4 nitrogen and oxygen atoms in total. The minimum absolute atomic E-state index is 0.0380. The van der Waals surface area contributed by atoms with Gasteiger partial charge in [-0.1, -0.05) is 12.1 Å². The number of rotatable bonds is 5. The molecule has 1 aromatic rings. The molecule has 0 aromatic heterocycles. The van der Waals surface area contributed by atoms with Gasteiger partial charge in [-0.15, -0.1) is 0 Å². The Kier molecular flexibility index (Phi) is 4.67. The van der Waals surface area contributed by atoms with Crippen LogP contribution in [-0.2, 0) is 15.6 Å². The molecule has 0 saturated heterocycles. The van der Waals surface area contributed by atoms with E-state index in [4.69, 9.17) is 11.0 Å². The molecule has 0 amide bonds. The minimum Gasteiger partial charge on any atom is -0.330 e. The van der Waals surface area contributed by atoms with Crippen LogP contribution in [0.3, 0.4) is 0 Å². The second kappa shape index (κ2) is 5.80. The molecular weight excluding hydrogens is 236 g/mol. The Hall–Kier alpha value is -1.38. The maximum absolute atomic E-state index is 12.0. The van der Waals surface area contributed by atoms with Crippen molar-refractivity contribution >= 4 is 9.84 Å². The lowest BCUT2D eigenvalue weighted by Crippen LogP contribution is -2.22. The van der Waals surface area contributed by atoms with E-state index >= 15 is 0 Å². The Labute approximate surface area is 102 Å². The van der Waals surface area contributed by atoms with Crippen LogP contribution >= 0.6 is 0 Å². The number of hydrogen-bond donors (Lipinski definition) is 1. The Morgan fingerprint density at radius 2 is 2.18 bits per heavy atom. The molecule has 0 aliphatic carbocycles. The van der Waals surface area contributed by atoms with Gasteiger partial charge in [0.15, 0.2) is 9.84 Å². The first-order chi connectivity index (χ1) is 7.99. The van der Waals surface area contributed by atoms with Crippen LogP contribution in [0.25, 0.3) is 0 Å². The topological polar surface area (TPSA) is 84.0 Å². The Morgan fingerprint density at radius 1 is 1.47 bits per heavy atom. The van der Waals surface area contributed by atoms with Crippen molar-refractivity contribution in [3.05, 3.63) is 35.4 Å². The van der Waals surface area contributed by atoms with Gasteiger partial charge in [0.05, 0.1) is 22.6 Å². The zero-order valence-corrected chi connectivity index (χ0v) is 10.6. The number of nitrogens with zero attached hydrogens (tertiary/aromatic N) is 1. The molecule has 1 unspecified atom stereocenters. The molecule has 5 heteroatoms. The van der Waals surface area contributed by atoms with Crippen LogP contribution in [0.4, 0.5) is 0 Å². The lowest BCUT2D eigenvalue weighted by molar-refractivity contribution is 0.577. The van der Waals surface area contributed by atoms with Crippen molar-refractivity contribution in [3.63, 3.8) is 0 Å². The average molecular weight is 252 g/mol. The van der Waals surface area contributed by atoms with Gasteiger partial charge in [-0.05, 0) is 37.6 Å². The van der Waals surface area contributed by atoms with Crippen LogP contribution < -0.4 is 5.73 Å². The fourth-order valence-corrected chi connectivity index (χ4v) is 2.94. The van der Waals surface area contributed by atoms with E-state index in [9.17, 15) is 8.42 Å². The van der Waals surface area contributed by atoms with E-state index in [1.54, 1.807) is 31.2 Å². The van der Waals surface area contributed by atoms with Crippen LogP contribution in [0.5, 0.6) is 0 Å². The maximum atomic E-state index is 12.0. The molecule has 0 heterocycles. The van der Waals surface area contributed by atoms with Crippen LogP contribution in [0.2, 0.25) is 0 Å². The van der Waals surface area contributed by atoms with Crippen molar-refractivity contribution in [2.24, 2.45) is 5.73 Å². The van der Waals surface area contributed by atoms with Crippen molar-refractivity contribution in [1.82, 2.24) is 0 Å². The molecule has 2 N–H and O–H groups in total. The molecular formula is C12H16N2O2S. The number of hydrogen-bond acceptors (Lipinski definition) is 4. The fourth-order valence-electron chi connectivity index (χ4n) is 1.52. The van der Waals surface area contributed by atoms with Crippen LogP contribution in [0, 0.1) is 11.3 Å². The largest absolute Gasteiger partial charge is 0.330 e. The Balaban J connectivity index is 2.87. The van der Waals surface area contributed by atoms with Gasteiger partial charge in [0, 0.05) is 0 Å². The van der Waals surface area contributed by atoms with Crippen LogP contribution in [0.1, 0.15) is 24.5 Å². The lowest BCUT2D eigenvalue weighted by atomic mass is 10.2. The van der Waals surface area contributed by atoms with E-state index in [2.05, 4.69) is 0 Å². The summed E-state index contributed by atoms with van der Waals surface area (Å²) in [5.74, 6) is -0.0380.